The van der Waals surface area contributed by atoms with Gasteiger partial charge < -0.3 is 14.2 Å². The SMILES string of the molecule is CC/C=C\C/C=C\C/C=C\C/C=C\C/C=C\CCCCCC(=O)O[C@H](COCCCCCCCCCCCCCCCCCC)COC(=O)CCCC/C=C\C/C=C\C/C=C\C/C=C\CC. The molecule has 0 aliphatic heterocycles. The minimum absolute atomic E-state index is 0.0461. The van der Waals surface area contributed by atoms with Gasteiger partial charge in [0.05, 0.1) is 6.61 Å². The fraction of sp³-hybridized carbons (Fsp3) is 0.672. The van der Waals surface area contributed by atoms with E-state index in [1.54, 1.807) is 0 Å². The zero-order valence-electron chi connectivity index (χ0n) is 43.2. The third-order valence-corrected chi connectivity index (χ3v) is 11.3. The molecule has 0 amide bonds. The van der Waals surface area contributed by atoms with Crippen molar-refractivity contribution in [1.29, 1.82) is 0 Å². The first-order valence-electron chi connectivity index (χ1n) is 27.4. The van der Waals surface area contributed by atoms with Crippen LogP contribution in [-0.4, -0.2) is 37.9 Å². The van der Waals surface area contributed by atoms with E-state index in [4.69, 9.17) is 14.2 Å². The Morgan fingerprint density at radius 3 is 1.11 bits per heavy atom. The Morgan fingerprint density at radius 1 is 0.348 bits per heavy atom. The summed E-state index contributed by atoms with van der Waals surface area (Å²) in [5.74, 6) is -0.482. The average Bonchev–Trinajstić information content (AvgIpc) is 3.32. The summed E-state index contributed by atoms with van der Waals surface area (Å²) in [7, 11) is 0. The zero-order valence-corrected chi connectivity index (χ0v) is 43.2. The Morgan fingerprint density at radius 2 is 0.682 bits per heavy atom. The molecule has 0 aliphatic rings. The Labute approximate surface area is 408 Å². The van der Waals surface area contributed by atoms with E-state index in [1.165, 1.54) is 89.9 Å². The van der Waals surface area contributed by atoms with Gasteiger partial charge in [0.15, 0.2) is 6.10 Å². The van der Waals surface area contributed by atoms with E-state index in [1.807, 2.05) is 0 Å². The number of hydrogen-bond donors (Lipinski definition) is 0. The smallest absolute Gasteiger partial charge is 0.306 e. The molecule has 0 N–H and O–H groups in total. The monoisotopic (exact) mass is 915 g/mol. The van der Waals surface area contributed by atoms with E-state index in [2.05, 4.69) is 130 Å². The Kier molecular flexibility index (Phi) is 53.0. The standard InChI is InChI=1S/C61H102O5/c1-4-7-10-13-16-19-22-25-28-30-31-32-34-37-40-43-46-49-52-55-61(63)66-59(57-64-56-53-50-47-44-41-38-35-29-26-23-20-17-14-11-8-5-2)58-65-60(62)54-51-48-45-42-39-36-33-27-24-21-18-15-12-9-6-3/h7,9-10,12,16,18-19,21,25,27-28,31-33,37,39-40,42,59H,4-6,8,11,13-15,17,20,22-24,26,29-30,34-36,38,41,43-58H2,1-3H3/b10-7-,12-9-,19-16-,21-18-,28-25-,32-31-,33-27-,40-37-,42-39-/t59-/m1/s1. The van der Waals surface area contributed by atoms with Gasteiger partial charge >= 0.3 is 11.9 Å². The number of unbranched alkanes of at least 4 members (excludes halogenated alkanes) is 20. The van der Waals surface area contributed by atoms with Crippen molar-refractivity contribution in [3.63, 3.8) is 0 Å². The maximum absolute atomic E-state index is 12.8. The predicted octanol–water partition coefficient (Wildman–Crippen LogP) is 18.8. The van der Waals surface area contributed by atoms with Crippen LogP contribution in [0.15, 0.2) is 109 Å². The highest BCUT2D eigenvalue weighted by molar-refractivity contribution is 5.70. The third-order valence-electron chi connectivity index (χ3n) is 11.3. The molecule has 0 aromatic heterocycles. The van der Waals surface area contributed by atoms with Crippen LogP contribution in [-0.2, 0) is 23.8 Å². The fourth-order valence-electron chi connectivity index (χ4n) is 7.29. The van der Waals surface area contributed by atoms with Gasteiger partial charge in [-0.1, -0.05) is 233 Å². The Balaban J connectivity index is 4.41. The lowest BCUT2D eigenvalue weighted by Gasteiger charge is -2.18. The summed E-state index contributed by atoms with van der Waals surface area (Å²) in [6.45, 7) is 7.53. The molecule has 0 aromatic rings. The van der Waals surface area contributed by atoms with Gasteiger partial charge in [-0.2, -0.15) is 0 Å². The average molecular weight is 915 g/mol. The van der Waals surface area contributed by atoms with Crippen molar-refractivity contribution < 1.29 is 23.8 Å². The van der Waals surface area contributed by atoms with Crippen LogP contribution in [0.25, 0.3) is 0 Å². The first-order chi connectivity index (χ1) is 32.6. The topological polar surface area (TPSA) is 61.8 Å². The van der Waals surface area contributed by atoms with Crippen LogP contribution in [0.2, 0.25) is 0 Å². The number of rotatable bonds is 49. The molecule has 1 atom stereocenters. The second-order valence-corrected chi connectivity index (χ2v) is 17.7. The highest BCUT2D eigenvalue weighted by Gasteiger charge is 2.17. The maximum atomic E-state index is 12.8. The summed E-state index contributed by atoms with van der Waals surface area (Å²) in [5.41, 5.74) is 0. The molecule has 376 valence electrons. The normalized spacial score (nSPS) is 13.1. The fourth-order valence-corrected chi connectivity index (χ4v) is 7.29. The van der Waals surface area contributed by atoms with Crippen molar-refractivity contribution in [2.45, 2.75) is 245 Å². The van der Waals surface area contributed by atoms with Crippen LogP contribution in [0.3, 0.4) is 0 Å². The van der Waals surface area contributed by atoms with E-state index >= 15 is 0 Å². The van der Waals surface area contributed by atoms with E-state index < -0.39 is 6.10 Å². The Hall–Kier alpha value is -3.44. The molecule has 0 spiro atoms. The van der Waals surface area contributed by atoms with Crippen LogP contribution >= 0.6 is 0 Å². The van der Waals surface area contributed by atoms with Crippen LogP contribution in [0.4, 0.5) is 0 Å². The van der Waals surface area contributed by atoms with Crippen molar-refractivity contribution in [3.8, 4) is 0 Å². The van der Waals surface area contributed by atoms with Gasteiger partial charge in [0.25, 0.3) is 0 Å². The van der Waals surface area contributed by atoms with Gasteiger partial charge in [-0.05, 0) is 103 Å². The van der Waals surface area contributed by atoms with Gasteiger partial charge in [0.2, 0.25) is 0 Å². The van der Waals surface area contributed by atoms with E-state index in [-0.39, 0.29) is 25.2 Å². The molecular weight excluding hydrogens is 813 g/mol. The quantitative estimate of drug-likeness (QED) is 0.0346. The van der Waals surface area contributed by atoms with Crippen LogP contribution < -0.4 is 0 Å². The van der Waals surface area contributed by atoms with Gasteiger partial charge in [0.1, 0.15) is 6.61 Å². The molecule has 0 radical (unpaired) electrons. The minimum atomic E-state index is -0.576. The molecule has 0 aromatic carbocycles. The molecular formula is C61H102O5. The van der Waals surface area contributed by atoms with Gasteiger partial charge in [0, 0.05) is 19.4 Å². The predicted molar refractivity (Wildman–Crippen MR) is 288 cm³/mol. The third kappa shape index (κ3) is 53.2. The summed E-state index contributed by atoms with van der Waals surface area (Å²) in [6.07, 6.45) is 76.8. The van der Waals surface area contributed by atoms with Gasteiger partial charge in [-0.3, -0.25) is 9.59 Å². The number of ether oxygens (including phenoxy) is 3. The number of esters is 2. The van der Waals surface area contributed by atoms with Crippen LogP contribution in [0, 0.1) is 0 Å². The summed E-state index contributed by atoms with van der Waals surface area (Å²) in [6, 6.07) is 0. The molecule has 0 fully saturated rings. The van der Waals surface area contributed by atoms with Crippen molar-refractivity contribution in [2.24, 2.45) is 0 Å². The molecule has 0 aliphatic carbocycles. The van der Waals surface area contributed by atoms with Gasteiger partial charge in [-0.25, -0.2) is 0 Å². The summed E-state index contributed by atoms with van der Waals surface area (Å²) < 4.78 is 17.4. The molecule has 0 rings (SSSR count). The summed E-state index contributed by atoms with van der Waals surface area (Å²) >= 11 is 0. The van der Waals surface area contributed by atoms with Crippen molar-refractivity contribution in [3.05, 3.63) is 109 Å². The molecule has 0 heterocycles. The lowest BCUT2D eigenvalue weighted by atomic mass is 10.0. The van der Waals surface area contributed by atoms with Crippen LogP contribution in [0.5, 0.6) is 0 Å². The lowest BCUT2D eigenvalue weighted by molar-refractivity contribution is -0.163. The number of allylic oxidation sites excluding steroid dienone is 18. The maximum Gasteiger partial charge on any atom is 0.306 e. The second-order valence-electron chi connectivity index (χ2n) is 17.7. The molecule has 66 heavy (non-hydrogen) atoms. The van der Waals surface area contributed by atoms with Crippen LogP contribution in [0.1, 0.15) is 239 Å². The number of hydrogen-bond acceptors (Lipinski definition) is 5. The molecule has 0 bridgehead atoms. The van der Waals surface area contributed by atoms with E-state index in [0.29, 0.717) is 19.4 Å². The first-order valence-corrected chi connectivity index (χ1v) is 27.4. The molecule has 5 nitrogen and oxygen atoms in total. The largest absolute Gasteiger partial charge is 0.462 e. The zero-order chi connectivity index (χ0) is 47.7. The lowest BCUT2D eigenvalue weighted by Crippen LogP contribution is -2.30. The Bertz CT molecular complexity index is 1310. The summed E-state index contributed by atoms with van der Waals surface area (Å²) in [5, 5.41) is 0. The van der Waals surface area contributed by atoms with E-state index in [0.717, 1.165) is 116 Å². The van der Waals surface area contributed by atoms with E-state index in [9.17, 15) is 9.59 Å². The minimum Gasteiger partial charge on any atom is -0.462 e. The van der Waals surface area contributed by atoms with Gasteiger partial charge in [-0.15, -0.1) is 0 Å². The second kappa shape index (κ2) is 55.9. The highest BCUT2D eigenvalue weighted by atomic mass is 16.6. The van der Waals surface area contributed by atoms with Crippen molar-refractivity contribution >= 4 is 11.9 Å². The molecule has 0 unspecified atom stereocenters. The molecule has 0 saturated heterocycles. The highest BCUT2D eigenvalue weighted by Crippen LogP contribution is 2.14. The van der Waals surface area contributed by atoms with Crippen molar-refractivity contribution in [1.82, 2.24) is 0 Å². The first kappa shape index (κ1) is 62.6. The summed E-state index contributed by atoms with van der Waals surface area (Å²) in [4.78, 5) is 25.4. The number of carbonyl (C=O) groups excluding carboxylic acids is 2. The van der Waals surface area contributed by atoms with Crippen molar-refractivity contribution in [2.75, 3.05) is 19.8 Å². The molecule has 5 heteroatoms. The molecule has 0 saturated carbocycles. The number of carbonyl (C=O) groups is 2.